The van der Waals surface area contributed by atoms with Crippen LogP contribution in [0.1, 0.15) is 18.9 Å². The molecular formula is C13H14ClN3S. The third kappa shape index (κ3) is 2.94. The van der Waals surface area contributed by atoms with Gasteiger partial charge in [0, 0.05) is 10.5 Å². The Balaban J connectivity index is 2.34. The van der Waals surface area contributed by atoms with Crippen molar-refractivity contribution in [2.75, 3.05) is 5.73 Å². The van der Waals surface area contributed by atoms with Gasteiger partial charge < -0.3 is 5.73 Å². The summed E-state index contributed by atoms with van der Waals surface area (Å²) in [5.41, 5.74) is 6.91. The minimum Gasteiger partial charge on any atom is -0.383 e. The lowest BCUT2D eigenvalue weighted by atomic mass is 10.2. The van der Waals surface area contributed by atoms with Crippen LogP contribution in [-0.2, 0) is 6.42 Å². The topological polar surface area (TPSA) is 51.8 Å². The van der Waals surface area contributed by atoms with Gasteiger partial charge in [0.1, 0.15) is 17.2 Å². The van der Waals surface area contributed by atoms with Crippen LogP contribution >= 0.6 is 23.4 Å². The molecule has 0 saturated carbocycles. The van der Waals surface area contributed by atoms with Gasteiger partial charge in [0.15, 0.2) is 0 Å². The predicted molar refractivity (Wildman–Crippen MR) is 76.0 cm³/mol. The molecule has 0 radical (unpaired) electrons. The highest BCUT2D eigenvalue weighted by atomic mass is 35.5. The third-order valence-electron chi connectivity index (χ3n) is 2.48. The van der Waals surface area contributed by atoms with Crippen molar-refractivity contribution < 1.29 is 0 Å². The molecule has 0 bridgehead atoms. The number of anilines is 1. The molecule has 0 fully saturated rings. The van der Waals surface area contributed by atoms with Crippen molar-refractivity contribution in [2.24, 2.45) is 0 Å². The minimum atomic E-state index is 0.557. The molecule has 1 heterocycles. The summed E-state index contributed by atoms with van der Waals surface area (Å²) < 4.78 is 0. The highest BCUT2D eigenvalue weighted by Gasteiger charge is 2.11. The Bertz CT molecular complexity index is 546. The van der Waals surface area contributed by atoms with Crippen molar-refractivity contribution in [1.29, 1.82) is 0 Å². The van der Waals surface area contributed by atoms with E-state index in [9.17, 15) is 0 Å². The molecule has 0 spiro atoms. The minimum absolute atomic E-state index is 0.557. The molecule has 5 heteroatoms. The molecule has 0 unspecified atom stereocenters. The molecular weight excluding hydrogens is 266 g/mol. The number of nitrogens with zero attached hydrogens (tertiary/aromatic N) is 2. The van der Waals surface area contributed by atoms with Crippen LogP contribution in [0.2, 0.25) is 5.02 Å². The normalized spacial score (nSPS) is 10.6. The van der Waals surface area contributed by atoms with Gasteiger partial charge in [-0.25, -0.2) is 9.97 Å². The first kappa shape index (κ1) is 13.2. The SMILES string of the molecule is CCCc1c(N)ncnc1Sc1ccccc1Cl. The lowest BCUT2D eigenvalue weighted by Gasteiger charge is -2.09. The predicted octanol–water partition coefficient (Wildman–Crippen LogP) is 3.82. The van der Waals surface area contributed by atoms with Crippen molar-refractivity contribution in [3.05, 3.63) is 41.2 Å². The summed E-state index contributed by atoms with van der Waals surface area (Å²) in [6.45, 7) is 2.11. The maximum absolute atomic E-state index is 6.15. The van der Waals surface area contributed by atoms with Gasteiger partial charge in [-0.1, -0.05) is 48.8 Å². The van der Waals surface area contributed by atoms with Gasteiger partial charge in [0.05, 0.1) is 5.02 Å². The van der Waals surface area contributed by atoms with Crippen LogP contribution in [0.25, 0.3) is 0 Å². The Morgan fingerprint density at radius 1 is 1.28 bits per heavy atom. The summed E-state index contributed by atoms with van der Waals surface area (Å²) in [6.07, 6.45) is 3.38. The first-order chi connectivity index (χ1) is 8.72. The van der Waals surface area contributed by atoms with Crippen LogP contribution < -0.4 is 5.73 Å². The molecule has 0 aliphatic carbocycles. The number of nitrogens with two attached hydrogens (primary N) is 1. The Morgan fingerprint density at radius 2 is 2.06 bits per heavy atom. The van der Waals surface area contributed by atoms with Gasteiger partial charge in [-0.05, 0) is 18.6 Å². The first-order valence-corrected chi connectivity index (χ1v) is 6.93. The van der Waals surface area contributed by atoms with E-state index in [-0.39, 0.29) is 0 Å². The van der Waals surface area contributed by atoms with E-state index >= 15 is 0 Å². The molecule has 3 nitrogen and oxygen atoms in total. The zero-order valence-electron chi connectivity index (χ0n) is 10.1. The number of aromatic nitrogens is 2. The van der Waals surface area contributed by atoms with Gasteiger partial charge >= 0.3 is 0 Å². The summed E-state index contributed by atoms with van der Waals surface area (Å²) in [5, 5.41) is 1.61. The van der Waals surface area contributed by atoms with Crippen molar-refractivity contribution in [3.63, 3.8) is 0 Å². The second kappa shape index (κ2) is 6.07. The van der Waals surface area contributed by atoms with Crippen LogP contribution in [-0.4, -0.2) is 9.97 Å². The average Bonchev–Trinajstić information content (AvgIpc) is 2.36. The lowest BCUT2D eigenvalue weighted by Crippen LogP contribution is -2.01. The molecule has 2 N–H and O–H groups in total. The van der Waals surface area contributed by atoms with Crippen LogP contribution in [0.3, 0.4) is 0 Å². The van der Waals surface area contributed by atoms with Crippen LogP contribution in [0.15, 0.2) is 40.5 Å². The second-order valence-corrected chi connectivity index (χ2v) is 5.26. The average molecular weight is 280 g/mol. The smallest absolute Gasteiger partial charge is 0.131 e. The molecule has 1 aromatic heterocycles. The van der Waals surface area contributed by atoms with Gasteiger partial charge in [-0.3, -0.25) is 0 Å². The van der Waals surface area contributed by atoms with E-state index < -0.39 is 0 Å². The summed E-state index contributed by atoms with van der Waals surface area (Å²) >= 11 is 7.68. The molecule has 2 aromatic rings. The zero-order chi connectivity index (χ0) is 13.0. The number of nitrogen functional groups attached to an aromatic ring is 1. The molecule has 0 amide bonds. The monoisotopic (exact) mass is 279 g/mol. The van der Waals surface area contributed by atoms with Crippen molar-refractivity contribution in [1.82, 2.24) is 9.97 Å². The third-order valence-corrected chi connectivity index (χ3v) is 4.05. The van der Waals surface area contributed by atoms with Gasteiger partial charge in [-0.15, -0.1) is 0 Å². The van der Waals surface area contributed by atoms with E-state index in [1.54, 1.807) is 0 Å². The Hall–Kier alpha value is -1.26. The highest BCUT2D eigenvalue weighted by Crippen LogP contribution is 2.35. The van der Waals surface area contributed by atoms with E-state index in [1.807, 2.05) is 24.3 Å². The van der Waals surface area contributed by atoms with Gasteiger partial charge in [0.25, 0.3) is 0 Å². The molecule has 0 aliphatic heterocycles. The fraction of sp³-hybridized carbons (Fsp3) is 0.231. The molecule has 2 rings (SSSR count). The summed E-state index contributed by atoms with van der Waals surface area (Å²) in [6, 6.07) is 7.71. The van der Waals surface area contributed by atoms with E-state index in [0.29, 0.717) is 5.82 Å². The number of halogens is 1. The quantitative estimate of drug-likeness (QED) is 0.865. The molecule has 1 aromatic carbocycles. The lowest BCUT2D eigenvalue weighted by molar-refractivity contribution is 0.862. The van der Waals surface area contributed by atoms with E-state index in [0.717, 1.165) is 33.3 Å². The fourth-order valence-corrected chi connectivity index (χ4v) is 2.82. The second-order valence-electron chi connectivity index (χ2n) is 3.83. The number of hydrogen-bond acceptors (Lipinski definition) is 4. The number of rotatable bonds is 4. The van der Waals surface area contributed by atoms with Crippen LogP contribution in [0.4, 0.5) is 5.82 Å². The summed E-state index contributed by atoms with van der Waals surface area (Å²) in [7, 11) is 0. The zero-order valence-corrected chi connectivity index (χ0v) is 11.6. The molecule has 0 aliphatic rings. The maximum Gasteiger partial charge on any atom is 0.131 e. The van der Waals surface area contributed by atoms with Crippen molar-refractivity contribution >= 4 is 29.2 Å². The van der Waals surface area contributed by atoms with E-state index in [4.69, 9.17) is 17.3 Å². The first-order valence-electron chi connectivity index (χ1n) is 5.74. The van der Waals surface area contributed by atoms with E-state index in [2.05, 4.69) is 16.9 Å². The Morgan fingerprint density at radius 3 is 2.78 bits per heavy atom. The van der Waals surface area contributed by atoms with Crippen LogP contribution in [0.5, 0.6) is 0 Å². The summed E-state index contributed by atoms with van der Waals surface area (Å²) in [4.78, 5) is 9.33. The molecule has 0 atom stereocenters. The largest absolute Gasteiger partial charge is 0.383 e. The molecule has 18 heavy (non-hydrogen) atoms. The summed E-state index contributed by atoms with van der Waals surface area (Å²) in [5.74, 6) is 0.557. The Labute approximate surface area is 116 Å². The number of hydrogen-bond donors (Lipinski definition) is 1. The Kier molecular flexibility index (Phi) is 4.44. The van der Waals surface area contributed by atoms with Crippen LogP contribution in [0, 0.1) is 0 Å². The highest BCUT2D eigenvalue weighted by molar-refractivity contribution is 7.99. The maximum atomic E-state index is 6.15. The fourth-order valence-electron chi connectivity index (χ4n) is 1.61. The molecule has 94 valence electrons. The standard InChI is InChI=1S/C13H14ClN3S/c1-2-5-9-12(15)16-8-17-13(9)18-11-7-4-3-6-10(11)14/h3-4,6-8H,2,5H2,1H3,(H2,15,16,17). The molecule has 0 saturated heterocycles. The van der Waals surface area contributed by atoms with Gasteiger partial charge in [-0.2, -0.15) is 0 Å². The van der Waals surface area contributed by atoms with Gasteiger partial charge in [0.2, 0.25) is 0 Å². The van der Waals surface area contributed by atoms with E-state index in [1.165, 1.54) is 18.1 Å². The number of benzene rings is 1. The van der Waals surface area contributed by atoms with Crippen molar-refractivity contribution in [3.8, 4) is 0 Å². The van der Waals surface area contributed by atoms with Crippen molar-refractivity contribution in [2.45, 2.75) is 29.7 Å².